The molecule has 9 heteroatoms. The first-order valence-corrected chi connectivity index (χ1v) is 7.95. The summed E-state index contributed by atoms with van der Waals surface area (Å²) in [5, 5.41) is 16.2. The summed E-state index contributed by atoms with van der Waals surface area (Å²) >= 11 is 0. The van der Waals surface area contributed by atoms with Gasteiger partial charge in [-0.3, -0.25) is 4.55 Å². The van der Waals surface area contributed by atoms with Gasteiger partial charge in [0, 0.05) is 13.2 Å². The average molecular weight is 334 g/mol. The summed E-state index contributed by atoms with van der Waals surface area (Å²) in [4.78, 5) is 0. The number of hydrogen-bond acceptors (Lipinski definition) is 7. The molecule has 0 aliphatic heterocycles. The van der Waals surface area contributed by atoms with Crippen LogP contribution in [0.4, 0.5) is 0 Å². The molecule has 0 atom stereocenters. The van der Waals surface area contributed by atoms with Crippen LogP contribution in [0.2, 0.25) is 0 Å². The highest BCUT2D eigenvalue weighted by molar-refractivity contribution is 7.80. The van der Waals surface area contributed by atoms with Crippen molar-refractivity contribution in [2.75, 3.05) is 39.6 Å². The van der Waals surface area contributed by atoms with Gasteiger partial charge in [-0.1, -0.05) is 0 Å². The molecular formula is C12H30O8S. The third kappa shape index (κ3) is 45.1. The minimum atomic E-state index is -4.28. The van der Waals surface area contributed by atoms with Gasteiger partial charge in [0.05, 0.1) is 32.0 Å². The predicted molar refractivity (Wildman–Crippen MR) is 79.5 cm³/mol. The molecule has 0 fully saturated rings. The lowest BCUT2D eigenvalue weighted by molar-refractivity contribution is 0.0650. The van der Waals surface area contributed by atoms with Gasteiger partial charge in [0.25, 0.3) is 0 Å². The average Bonchev–Trinajstić information content (AvgIpc) is 2.27. The largest absolute Gasteiger partial charge is 0.397 e. The van der Waals surface area contributed by atoms with Gasteiger partial charge in [-0.05, 0) is 34.6 Å². The standard InChI is InChI=1S/C4H10O4S.C4H10O3.C4H10O/c1-4(2,3)8-9(5,6)7;5-1-3-7-4-2-6;1-3-5-4-2/h1-3H3,(H,5,6,7);5-6H,1-4H2;3-4H2,1-2H3. The van der Waals surface area contributed by atoms with Gasteiger partial charge in [-0.15, -0.1) is 0 Å². The first-order chi connectivity index (χ1) is 9.54. The van der Waals surface area contributed by atoms with Crippen molar-refractivity contribution in [1.82, 2.24) is 0 Å². The van der Waals surface area contributed by atoms with Crippen molar-refractivity contribution in [1.29, 1.82) is 0 Å². The molecule has 0 aliphatic rings. The molecule has 21 heavy (non-hydrogen) atoms. The second-order valence-corrected chi connectivity index (χ2v) is 5.49. The summed E-state index contributed by atoms with van der Waals surface area (Å²) in [7, 11) is -4.28. The van der Waals surface area contributed by atoms with E-state index < -0.39 is 16.0 Å². The molecule has 0 rings (SSSR count). The van der Waals surface area contributed by atoms with Crippen molar-refractivity contribution >= 4 is 10.4 Å². The van der Waals surface area contributed by atoms with E-state index in [9.17, 15) is 8.42 Å². The number of ether oxygens (including phenoxy) is 2. The van der Waals surface area contributed by atoms with E-state index in [1.165, 1.54) is 20.8 Å². The number of aliphatic hydroxyl groups is 2. The lowest BCUT2D eigenvalue weighted by atomic mass is 10.2. The summed E-state index contributed by atoms with van der Waals surface area (Å²) in [6, 6.07) is 0. The summed E-state index contributed by atoms with van der Waals surface area (Å²) in [6.07, 6.45) is 0. The van der Waals surface area contributed by atoms with E-state index in [2.05, 4.69) is 8.92 Å². The molecule has 0 aliphatic carbocycles. The van der Waals surface area contributed by atoms with E-state index >= 15 is 0 Å². The zero-order chi connectivity index (χ0) is 17.4. The van der Waals surface area contributed by atoms with Crippen LogP contribution < -0.4 is 0 Å². The maximum atomic E-state index is 9.98. The summed E-state index contributed by atoms with van der Waals surface area (Å²) < 4.78 is 41.7. The number of hydrogen-bond donors (Lipinski definition) is 3. The maximum absolute atomic E-state index is 9.98. The van der Waals surface area contributed by atoms with E-state index in [0.717, 1.165) is 13.2 Å². The highest BCUT2D eigenvalue weighted by Crippen LogP contribution is 2.09. The zero-order valence-corrected chi connectivity index (χ0v) is 14.4. The van der Waals surface area contributed by atoms with Crippen LogP contribution in [0.25, 0.3) is 0 Å². The van der Waals surface area contributed by atoms with Gasteiger partial charge in [0.15, 0.2) is 0 Å². The molecule has 0 saturated heterocycles. The van der Waals surface area contributed by atoms with E-state index in [1.807, 2.05) is 13.8 Å². The van der Waals surface area contributed by atoms with Crippen LogP contribution in [-0.4, -0.2) is 68.4 Å². The third-order valence-electron chi connectivity index (χ3n) is 1.23. The van der Waals surface area contributed by atoms with Crippen molar-refractivity contribution in [3.63, 3.8) is 0 Å². The predicted octanol–water partition coefficient (Wildman–Crippen LogP) is 0.635. The Labute approximate surface area is 128 Å². The quantitative estimate of drug-likeness (QED) is 0.458. The minimum Gasteiger partial charge on any atom is -0.394 e. The molecule has 0 bridgehead atoms. The SMILES string of the molecule is CC(C)(C)OS(=O)(=O)O.CCOCC.OCCOCCO. The Morgan fingerprint density at radius 1 is 0.905 bits per heavy atom. The molecule has 0 aromatic rings. The van der Waals surface area contributed by atoms with E-state index in [-0.39, 0.29) is 13.2 Å². The van der Waals surface area contributed by atoms with Crippen LogP contribution in [0, 0.1) is 0 Å². The van der Waals surface area contributed by atoms with Crippen LogP contribution in [0.1, 0.15) is 34.6 Å². The minimum absolute atomic E-state index is 0.0278. The fourth-order valence-corrected chi connectivity index (χ4v) is 1.38. The van der Waals surface area contributed by atoms with Gasteiger partial charge >= 0.3 is 10.4 Å². The van der Waals surface area contributed by atoms with Gasteiger partial charge in [-0.2, -0.15) is 8.42 Å². The highest BCUT2D eigenvalue weighted by atomic mass is 32.3. The van der Waals surface area contributed by atoms with Gasteiger partial charge < -0.3 is 19.7 Å². The van der Waals surface area contributed by atoms with Crippen molar-refractivity contribution in [2.24, 2.45) is 0 Å². The molecule has 0 saturated carbocycles. The second-order valence-electron chi connectivity index (χ2n) is 4.46. The highest BCUT2D eigenvalue weighted by Gasteiger charge is 2.18. The topological polar surface area (TPSA) is 123 Å². The molecule has 132 valence electrons. The first-order valence-electron chi connectivity index (χ1n) is 6.59. The Morgan fingerprint density at radius 3 is 1.38 bits per heavy atom. The van der Waals surface area contributed by atoms with Crippen LogP contribution in [-0.2, 0) is 24.1 Å². The normalized spacial score (nSPS) is 11.0. The Morgan fingerprint density at radius 2 is 1.29 bits per heavy atom. The van der Waals surface area contributed by atoms with Crippen molar-refractivity contribution < 1.29 is 36.8 Å². The van der Waals surface area contributed by atoms with Crippen LogP contribution in [0.5, 0.6) is 0 Å². The van der Waals surface area contributed by atoms with E-state index in [0.29, 0.717) is 13.2 Å². The fourth-order valence-electron chi connectivity index (χ4n) is 0.751. The smallest absolute Gasteiger partial charge is 0.394 e. The van der Waals surface area contributed by atoms with Crippen LogP contribution in [0.3, 0.4) is 0 Å². The van der Waals surface area contributed by atoms with Gasteiger partial charge in [0.1, 0.15) is 0 Å². The van der Waals surface area contributed by atoms with Gasteiger partial charge in [0.2, 0.25) is 0 Å². The lowest BCUT2D eigenvalue weighted by Gasteiger charge is -2.14. The van der Waals surface area contributed by atoms with Crippen LogP contribution >= 0.6 is 0 Å². The number of aliphatic hydroxyl groups excluding tert-OH is 2. The molecular weight excluding hydrogens is 304 g/mol. The summed E-state index contributed by atoms with van der Waals surface area (Å²) in [5.74, 6) is 0. The monoisotopic (exact) mass is 334 g/mol. The van der Waals surface area contributed by atoms with Crippen molar-refractivity contribution in [2.45, 2.75) is 40.2 Å². The Kier molecular flexibility index (Phi) is 19.7. The molecule has 0 heterocycles. The van der Waals surface area contributed by atoms with Crippen LogP contribution in [0.15, 0.2) is 0 Å². The fraction of sp³-hybridized carbons (Fsp3) is 1.00. The molecule has 0 spiro atoms. The first kappa shape index (κ1) is 25.7. The Hall–Kier alpha value is -0.290. The van der Waals surface area contributed by atoms with E-state index in [4.69, 9.17) is 19.5 Å². The third-order valence-corrected chi connectivity index (χ3v) is 1.95. The van der Waals surface area contributed by atoms with Crippen molar-refractivity contribution in [3.8, 4) is 0 Å². The second kappa shape index (κ2) is 16.1. The molecule has 3 N–H and O–H groups in total. The Balaban J connectivity index is -0.000000242. The molecule has 0 unspecified atom stereocenters. The zero-order valence-electron chi connectivity index (χ0n) is 13.5. The van der Waals surface area contributed by atoms with Gasteiger partial charge in [-0.25, -0.2) is 4.18 Å². The lowest BCUT2D eigenvalue weighted by Crippen LogP contribution is -2.23. The molecule has 0 aromatic carbocycles. The molecule has 8 nitrogen and oxygen atoms in total. The molecule has 0 amide bonds. The molecule has 0 radical (unpaired) electrons. The van der Waals surface area contributed by atoms with E-state index in [1.54, 1.807) is 0 Å². The summed E-state index contributed by atoms with van der Waals surface area (Å²) in [6.45, 7) is 10.9. The maximum Gasteiger partial charge on any atom is 0.397 e. The van der Waals surface area contributed by atoms with Crippen molar-refractivity contribution in [3.05, 3.63) is 0 Å². The number of rotatable bonds is 7. The Bertz CT molecular complexity index is 278. The molecule has 0 aromatic heterocycles. The summed E-state index contributed by atoms with van der Waals surface area (Å²) in [5.41, 5.74) is -0.854.